The van der Waals surface area contributed by atoms with Gasteiger partial charge in [0.15, 0.2) is 0 Å². The van der Waals surface area contributed by atoms with Crippen LogP contribution < -0.4 is 5.32 Å². The van der Waals surface area contributed by atoms with Crippen LogP contribution >= 0.6 is 0 Å². The SMILES string of the molecule is CCCc1occc1C(=O)N[C@@H]1CCC(=O)N(C)[C@H]1c1ccnn1C. The molecule has 7 nitrogen and oxygen atoms in total. The highest BCUT2D eigenvalue weighted by Crippen LogP contribution is 2.30. The number of furan rings is 1. The highest BCUT2D eigenvalue weighted by atomic mass is 16.3. The number of hydrogen-bond donors (Lipinski definition) is 1. The predicted molar refractivity (Wildman–Crippen MR) is 91.9 cm³/mol. The van der Waals surface area contributed by atoms with Crippen LogP contribution in [0.5, 0.6) is 0 Å². The first-order valence-corrected chi connectivity index (χ1v) is 8.63. The fourth-order valence-corrected chi connectivity index (χ4v) is 3.48. The van der Waals surface area contributed by atoms with Crippen molar-refractivity contribution < 1.29 is 14.0 Å². The van der Waals surface area contributed by atoms with E-state index < -0.39 is 0 Å². The van der Waals surface area contributed by atoms with Gasteiger partial charge in [-0.25, -0.2) is 0 Å². The summed E-state index contributed by atoms with van der Waals surface area (Å²) in [5.74, 6) is 0.626. The van der Waals surface area contributed by atoms with Crippen LogP contribution in [0.4, 0.5) is 0 Å². The van der Waals surface area contributed by atoms with Gasteiger partial charge in [0, 0.05) is 33.1 Å². The summed E-state index contributed by atoms with van der Waals surface area (Å²) < 4.78 is 7.18. The summed E-state index contributed by atoms with van der Waals surface area (Å²) in [6.07, 6.45) is 5.91. The zero-order valence-corrected chi connectivity index (χ0v) is 14.9. The van der Waals surface area contributed by atoms with Gasteiger partial charge in [0.05, 0.1) is 29.6 Å². The quantitative estimate of drug-likeness (QED) is 0.900. The van der Waals surface area contributed by atoms with E-state index in [-0.39, 0.29) is 23.9 Å². The summed E-state index contributed by atoms with van der Waals surface area (Å²) in [5, 5.41) is 7.31. The molecular weight excluding hydrogens is 320 g/mol. The van der Waals surface area contributed by atoms with Crippen molar-refractivity contribution in [2.75, 3.05) is 7.05 Å². The second-order valence-electron chi connectivity index (χ2n) is 6.46. The number of aryl methyl sites for hydroxylation is 2. The Hall–Kier alpha value is -2.57. The van der Waals surface area contributed by atoms with Gasteiger partial charge in [-0.05, 0) is 25.0 Å². The van der Waals surface area contributed by atoms with E-state index in [1.54, 1.807) is 35.2 Å². The second-order valence-corrected chi connectivity index (χ2v) is 6.46. The lowest BCUT2D eigenvalue weighted by Gasteiger charge is -2.39. The molecule has 0 radical (unpaired) electrons. The molecule has 2 aromatic heterocycles. The van der Waals surface area contributed by atoms with Crippen molar-refractivity contribution in [2.24, 2.45) is 7.05 Å². The van der Waals surface area contributed by atoms with Gasteiger partial charge in [-0.2, -0.15) is 5.10 Å². The molecule has 1 fully saturated rings. The summed E-state index contributed by atoms with van der Waals surface area (Å²) in [5.41, 5.74) is 1.48. The molecule has 0 unspecified atom stereocenters. The zero-order valence-electron chi connectivity index (χ0n) is 14.9. The fraction of sp³-hybridized carbons (Fsp3) is 0.500. The molecule has 2 amide bonds. The lowest BCUT2D eigenvalue weighted by Crippen LogP contribution is -2.51. The molecule has 1 aliphatic rings. The average molecular weight is 344 g/mol. The number of amides is 2. The van der Waals surface area contributed by atoms with E-state index in [0.29, 0.717) is 24.2 Å². The molecule has 3 heterocycles. The standard InChI is InChI=1S/C18H24N4O3/c1-4-5-15-12(9-11-25-15)18(24)20-13-6-7-16(23)21(2)17(13)14-8-10-19-22(14)3/h8-11,13,17H,4-7H2,1-3H3,(H,20,24)/t13-,17-/m1/s1. The first kappa shape index (κ1) is 17.3. The van der Waals surface area contributed by atoms with Crippen LogP contribution in [0.15, 0.2) is 29.0 Å². The maximum atomic E-state index is 12.8. The van der Waals surface area contributed by atoms with E-state index in [1.165, 1.54) is 0 Å². The zero-order chi connectivity index (χ0) is 18.0. The third kappa shape index (κ3) is 3.31. The number of likely N-dealkylation sites (N-methyl/N-ethyl adjacent to an activating group) is 1. The molecule has 0 aromatic carbocycles. The maximum absolute atomic E-state index is 12.8. The summed E-state index contributed by atoms with van der Waals surface area (Å²) in [6.45, 7) is 2.05. The normalized spacial score (nSPS) is 20.8. The first-order valence-electron chi connectivity index (χ1n) is 8.63. The van der Waals surface area contributed by atoms with Crippen LogP contribution in [0.25, 0.3) is 0 Å². The molecule has 1 N–H and O–H groups in total. The lowest BCUT2D eigenvalue weighted by molar-refractivity contribution is -0.136. The van der Waals surface area contributed by atoms with E-state index in [4.69, 9.17) is 4.42 Å². The monoisotopic (exact) mass is 344 g/mol. The third-order valence-electron chi connectivity index (χ3n) is 4.81. The number of carbonyl (C=O) groups is 2. The molecule has 134 valence electrons. The number of piperidine rings is 1. The lowest BCUT2D eigenvalue weighted by atomic mass is 9.93. The van der Waals surface area contributed by atoms with Gasteiger partial charge in [0.1, 0.15) is 5.76 Å². The van der Waals surface area contributed by atoms with E-state index in [0.717, 1.165) is 18.5 Å². The highest BCUT2D eigenvalue weighted by molar-refractivity contribution is 5.95. The van der Waals surface area contributed by atoms with Crippen LogP contribution in [-0.2, 0) is 18.3 Å². The largest absolute Gasteiger partial charge is 0.469 e. The van der Waals surface area contributed by atoms with Crippen molar-refractivity contribution in [1.29, 1.82) is 0 Å². The molecule has 0 aliphatic carbocycles. The second kappa shape index (κ2) is 7.13. The maximum Gasteiger partial charge on any atom is 0.255 e. The van der Waals surface area contributed by atoms with Crippen molar-refractivity contribution >= 4 is 11.8 Å². The third-order valence-corrected chi connectivity index (χ3v) is 4.81. The Morgan fingerprint density at radius 1 is 1.40 bits per heavy atom. The number of nitrogens with zero attached hydrogens (tertiary/aromatic N) is 3. The molecule has 3 rings (SSSR count). The minimum absolute atomic E-state index is 0.0756. The summed E-state index contributed by atoms with van der Waals surface area (Å²) in [4.78, 5) is 26.6. The van der Waals surface area contributed by atoms with Gasteiger partial charge in [-0.1, -0.05) is 6.92 Å². The van der Waals surface area contributed by atoms with Gasteiger partial charge >= 0.3 is 0 Å². The van der Waals surface area contributed by atoms with Gasteiger partial charge < -0.3 is 14.6 Å². The summed E-state index contributed by atoms with van der Waals surface area (Å²) in [7, 11) is 3.62. The number of rotatable bonds is 5. The average Bonchev–Trinajstić information content (AvgIpc) is 3.21. The topological polar surface area (TPSA) is 80.4 Å². The van der Waals surface area contributed by atoms with E-state index in [1.807, 2.05) is 20.0 Å². The number of carbonyl (C=O) groups excluding carboxylic acids is 2. The van der Waals surface area contributed by atoms with Gasteiger partial charge in [-0.15, -0.1) is 0 Å². The Kier molecular flexibility index (Phi) is 4.92. The number of aromatic nitrogens is 2. The molecule has 2 atom stereocenters. The molecule has 25 heavy (non-hydrogen) atoms. The van der Waals surface area contributed by atoms with Crippen LogP contribution in [0.2, 0.25) is 0 Å². The molecule has 0 saturated carbocycles. The molecule has 7 heteroatoms. The Morgan fingerprint density at radius 3 is 2.88 bits per heavy atom. The van der Waals surface area contributed by atoms with Gasteiger partial charge in [0.2, 0.25) is 5.91 Å². The number of likely N-dealkylation sites (tertiary alicyclic amines) is 1. The van der Waals surface area contributed by atoms with E-state index in [9.17, 15) is 9.59 Å². The predicted octanol–water partition coefficient (Wildman–Crippen LogP) is 2.06. The van der Waals surface area contributed by atoms with E-state index in [2.05, 4.69) is 10.4 Å². The molecule has 0 spiro atoms. The number of hydrogen-bond acceptors (Lipinski definition) is 4. The Balaban J connectivity index is 1.84. The minimum Gasteiger partial charge on any atom is -0.469 e. The Labute approximate surface area is 147 Å². The van der Waals surface area contributed by atoms with Crippen LogP contribution in [0, 0.1) is 0 Å². The molecular formula is C18H24N4O3. The van der Waals surface area contributed by atoms with Crippen LogP contribution in [0.3, 0.4) is 0 Å². The van der Waals surface area contributed by atoms with Gasteiger partial charge in [0.25, 0.3) is 5.91 Å². The fourth-order valence-electron chi connectivity index (χ4n) is 3.48. The molecule has 0 bridgehead atoms. The molecule has 1 saturated heterocycles. The number of nitrogens with one attached hydrogen (secondary N) is 1. The van der Waals surface area contributed by atoms with Gasteiger partial charge in [-0.3, -0.25) is 14.3 Å². The summed E-state index contributed by atoms with van der Waals surface area (Å²) in [6, 6.07) is 3.19. The minimum atomic E-state index is -0.237. The summed E-state index contributed by atoms with van der Waals surface area (Å²) >= 11 is 0. The van der Waals surface area contributed by atoms with Crippen molar-refractivity contribution in [3.63, 3.8) is 0 Å². The molecule has 1 aliphatic heterocycles. The van der Waals surface area contributed by atoms with Crippen LogP contribution in [0.1, 0.15) is 54.0 Å². The highest BCUT2D eigenvalue weighted by Gasteiger charge is 2.37. The Bertz CT molecular complexity index is 764. The molecule has 2 aromatic rings. The van der Waals surface area contributed by atoms with Crippen molar-refractivity contribution in [1.82, 2.24) is 20.0 Å². The van der Waals surface area contributed by atoms with Crippen molar-refractivity contribution in [3.8, 4) is 0 Å². The smallest absolute Gasteiger partial charge is 0.255 e. The van der Waals surface area contributed by atoms with Crippen molar-refractivity contribution in [3.05, 3.63) is 41.6 Å². The Morgan fingerprint density at radius 2 is 2.20 bits per heavy atom. The van der Waals surface area contributed by atoms with E-state index >= 15 is 0 Å². The van der Waals surface area contributed by atoms with Crippen molar-refractivity contribution in [2.45, 2.75) is 44.7 Å². The first-order chi connectivity index (χ1) is 12.0. The van der Waals surface area contributed by atoms with Crippen LogP contribution in [-0.4, -0.2) is 39.6 Å².